The van der Waals surface area contributed by atoms with Gasteiger partial charge >= 0.3 is 0 Å². The lowest BCUT2D eigenvalue weighted by molar-refractivity contribution is -0.143. The molecule has 122 valence electrons. The van der Waals surface area contributed by atoms with Crippen molar-refractivity contribution in [3.63, 3.8) is 0 Å². The molecule has 6 heteroatoms. The average molecular weight is 328 g/mol. The van der Waals surface area contributed by atoms with E-state index in [1.54, 1.807) is 30.2 Å². The Labute approximate surface area is 136 Å². The number of hydrogen-bond acceptors (Lipinski definition) is 4. The topological polar surface area (TPSA) is 48.0 Å². The molecule has 1 aromatic carbocycles. The molecule has 0 radical (unpaired) electrons. The van der Waals surface area contributed by atoms with E-state index in [-0.39, 0.29) is 12.0 Å². The lowest BCUT2D eigenvalue weighted by atomic mass is 10.0. The highest BCUT2D eigenvalue weighted by Gasteiger charge is 2.37. The van der Waals surface area contributed by atoms with Crippen LogP contribution in [0.2, 0.25) is 5.02 Å². The second-order valence-electron chi connectivity index (χ2n) is 5.96. The first kappa shape index (κ1) is 17.1. The summed E-state index contributed by atoms with van der Waals surface area (Å²) in [5.41, 5.74) is -0.0495. The van der Waals surface area contributed by atoms with Crippen LogP contribution in [0.15, 0.2) is 18.2 Å². The van der Waals surface area contributed by atoms with Gasteiger partial charge in [-0.2, -0.15) is 0 Å². The number of benzene rings is 1. The minimum atomic E-state index is -0.439. The fourth-order valence-corrected chi connectivity index (χ4v) is 3.01. The quantitative estimate of drug-likeness (QED) is 0.853. The van der Waals surface area contributed by atoms with E-state index in [4.69, 9.17) is 25.8 Å². The Kier molecular flexibility index (Phi) is 5.32. The number of methoxy groups -OCH3 is 2. The van der Waals surface area contributed by atoms with Crippen molar-refractivity contribution in [2.45, 2.75) is 25.6 Å². The molecule has 0 aromatic heterocycles. The molecule has 1 saturated heterocycles. The summed E-state index contributed by atoms with van der Waals surface area (Å²) in [6.07, 6.45) is -0.161. The van der Waals surface area contributed by atoms with Gasteiger partial charge in [-0.1, -0.05) is 17.7 Å². The third-order valence-corrected chi connectivity index (χ3v) is 3.85. The van der Waals surface area contributed by atoms with E-state index in [0.717, 1.165) is 0 Å². The van der Waals surface area contributed by atoms with Gasteiger partial charge in [-0.05, 0) is 26.0 Å². The van der Waals surface area contributed by atoms with Crippen LogP contribution in [-0.2, 0) is 9.47 Å². The molecule has 0 spiro atoms. The minimum Gasteiger partial charge on any atom is -0.496 e. The maximum absolute atomic E-state index is 12.9. The molecule has 0 bridgehead atoms. The molecule has 0 saturated carbocycles. The van der Waals surface area contributed by atoms with Gasteiger partial charge in [-0.3, -0.25) is 4.79 Å². The van der Waals surface area contributed by atoms with Crippen LogP contribution in [0.5, 0.6) is 5.75 Å². The monoisotopic (exact) mass is 327 g/mol. The van der Waals surface area contributed by atoms with Gasteiger partial charge in [0.05, 0.1) is 30.4 Å². The predicted molar refractivity (Wildman–Crippen MR) is 84.7 cm³/mol. The van der Waals surface area contributed by atoms with Crippen molar-refractivity contribution < 1.29 is 19.0 Å². The zero-order valence-electron chi connectivity index (χ0n) is 13.4. The second kappa shape index (κ2) is 6.86. The number of hydrogen-bond donors (Lipinski definition) is 0. The van der Waals surface area contributed by atoms with Crippen LogP contribution in [-0.4, -0.2) is 56.4 Å². The zero-order valence-corrected chi connectivity index (χ0v) is 14.1. The van der Waals surface area contributed by atoms with Crippen molar-refractivity contribution in [1.29, 1.82) is 0 Å². The zero-order chi connectivity index (χ0) is 16.3. The van der Waals surface area contributed by atoms with E-state index in [1.807, 2.05) is 13.8 Å². The van der Waals surface area contributed by atoms with E-state index >= 15 is 0 Å². The van der Waals surface area contributed by atoms with E-state index in [0.29, 0.717) is 36.0 Å². The summed E-state index contributed by atoms with van der Waals surface area (Å²) in [5.74, 6) is 0.324. The maximum Gasteiger partial charge on any atom is 0.259 e. The van der Waals surface area contributed by atoms with Crippen molar-refractivity contribution in [2.75, 3.05) is 33.9 Å². The van der Waals surface area contributed by atoms with Crippen molar-refractivity contribution in [3.05, 3.63) is 28.8 Å². The van der Waals surface area contributed by atoms with E-state index in [2.05, 4.69) is 0 Å². The first-order valence-corrected chi connectivity index (χ1v) is 7.54. The molecular weight excluding hydrogens is 306 g/mol. The van der Waals surface area contributed by atoms with Crippen LogP contribution in [0, 0.1) is 0 Å². The SMILES string of the molecule is COCC1CN(C(=O)c2c(Cl)cccc2OC)CC(C)(C)O1. The summed E-state index contributed by atoms with van der Waals surface area (Å²) in [6.45, 7) is 5.30. The fraction of sp³-hybridized carbons (Fsp3) is 0.562. The Morgan fingerprint density at radius 3 is 2.82 bits per heavy atom. The average Bonchev–Trinajstić information content (AvgIpc) is 2.45. The number of nitrogens with zero attached hydrogens (tertiary/aromatic N) is 1. The molecule has 1 atom stereocenters. The number of morpholine rings is 1. The fourth-order valence-electron chi connectivity index (χ4n) is 2.76. The predicted octanol–water partition coefficient (Wildman–Crippen LogP) is 2.61. The van der Waals surface area contributed by atoms with Gasteiger partial charge in [0.2, 0.25) is 0 Å². The number of ether oxygens (including phenoxy) is 3. The van der Waals surface area contributed by atoms with Gasteiger partial charge in [0, 0.05) is 20.2 Å². The van der Waals surface area contributed by atoms with Crippen LogP contribution < -0.4 is 4.74 Å². The van der Waals surface area contributed by atoms with Gasteiger partial charge in [0.25, 0.3) is 5.91 Å². The lowest BCUT2D eigenvalue weighted by Gasteiger charge is -2.42. The maximum atomic E-state index is 12.9. The molecule has 5 nitrogen and oxygen atoms in total. The molecule has 1 unspecified atom stereocenters. The molecule has 1 aliphatic rings. The van der Waals surface area contributed by atoms with Crippen molar-refractivity contribution in [3.8, 4) is 5.75 Å². The number of halogens is 1. The van der Waals surface area contributed by atoms with Gasteiger partial charge in [0.1, 0.15) is 11.3 Å². The first-order valence-electron chi connectivity index (χ1n) is 7.16. The normalized spacial score (nSPS) is 20.8. The molecule has 22 heavy (non-hydrogen) atoms. The summed E-state index contributed by atoms with van der Waals surface area (Å²) >= 11 is 6.21. The molecule has 1 heterocycles. The third-order valence-electron chi connectivity index (χ3n) is 3.53. The van der Waals surface area contributed by atoms with Crippen molar-refractivity contribution >= 4 is 17.5 Å². The molecule has 1 aliphatic heterocycles. The van der Waals surface area contributed by atoms with E-state index in [1.165, 1.54) is 7.11 Å². The van der Waals surface area contributed by atoms with Crippen LogP contribution in [0.4, 0.5) is 0 Å². The summed E-state index contributed by atoms with van der Waals surface area (Å²) in [5, 5.41) is 0.386. The Morgan fingerprint density at radius 2 is 2.18 bits per heavy atom. The van der Waals surface area contributed by atoms with Crippen molar-refractivity contribution in [1.82, 2.24) is 4.90 Å². The van der Waals surface area contributed by atoms with E-state index in [9.17, 15) is 4.79 Å². The molecule has 2 rings (SSSR count). The Balaban J connectivity index is 2.28. The minimum absolute atomic E-state index is 0.153. The van der Waals surface area contributed by atoms with E-state index < -0.39 is 5.60 Å². The summed E-state index contributed by atoms with van der Waals surface area (Å²) in [6, 6.07) is 5.18. The molecule has 1 fully saturated rings. The van der Waals surface area contributed by atoms with Crippen LogP contribution >= 0.6 is 11.6 Å². The summed E-state index contributed by atoms with van der Waals surface area (Å²) < 4.78 is 16.4. The van der Waals surface area contributed by atoms with Crippen LogP contribution in [0.25, 0.3) is 0 Å². The second-order valence-corrected chi connectivity index (χ2v) is 6.36. The molecule has 0 N–H and O–H groups in total. The van der Waals surface area contributed by atoms with Gasteiger partial charge in [-0.15, -0.1) is 0 Å². The van der Waals surface area contributed by atoms with Crippen molar-refractivity contribution in [2.24, 2.45) is 0 Å². The summed E-state index contributed by atoms with van der Waals surface area (Å²) in [4.78, 5) is 14.6. The third kappa shape index (κ3) is 3.72. The number of amides is 1. The smallest absolute Gasteiger partial charge is 0.259 e. The Hall–Kier alpha value is -1.30. The highest BCUT2D eigenvalue weighted by Crippen LogP contribution is 2.30. The van der Waals surface area contributed by atoms with Crippen LogP contribution in [0.3, 0.4) is 0 Å². The lowest BCUT2D eigenvalue weighted by Crippen LogP contribution is -2.55. The highest BCUT2D eigenvalue weighted by molar-refractivity contribution is 6.34. The first-order chi connectivity index (χ1) is 10.4. The molecular formula is C16H22ClNO4. The number of carbonyl (C=O) groups excluding carboxylic acids is 1. The van der Waals surface area contributed by atoms with Gasteiger partial charge in [-0.25, -0.2) is 0 Å². The standard InChI is InChI=1S/C16H22ClNO4/c1-16(2)10-18(8-11(22-16)9-20-3)15(19)14-12(17)6-5-7-13(14)21-4/h5-7,11H,8-10H2,1-4H3. The van der Waals surface area contributed by atoms with Gasteiger partial charge < -0.3 is 19.1 Å². The molecule has 1 amide bonds. The number of carbonyl (C=O) groups is 1. The van der Waals surface area contributed by atoms with Crippen LogP contribution in [0.1, 0.15) is 24.2 Å². The highest BCUT2D eigenvalue weighted by atomic mass is 35.5. The Bertz CT molecular complexity index is 547. The summed E-state index contributed by atoms with van der Waals surface area (Å²) in [7, 11) is 3.15. The Morgan fingerprint density at radius 1 is 1.45 bits per heavy atom. The van der Waals surface area contributed by atoms with Gasteiger partial charge in [0.15, 0.2) is 0 Å². The molecule has 0 aliphatic carbocycles. The number of rotatable bonds is 4. The molecule has 1 aromatic rings. The largest absolute Gasteiger partial charge is 0.496 e.